The number of rotatable bonds is 6. The van der Waals surface area contributed by atoms with Crippen LogP contribution in [0.5, 0.6) is 0 Å². The topological polar surface area (TPSA) is 37.7 Å². The SMILES string of the molecule is Cc1cc(N(C)C)cc(C)c1C=NN1C=CN(N=Cc2c(C)cc(N(C)C)cc2C)C1C. The maximum absolute atomic E-state index is 4.73. The van der Waals surface area contributed by atoms with Crippen LogP contribution in [0.4, 0.5) is 11.4 Å². The first-order valence-electron chi connectivity index (χ1n) is 11.0. The Bertz CT molecular complexity index is 934. The Balaban J connectivity index is 1.74. The van der Waals surface area contributed by atoms with Gasteiger partial charge in [0.2, 0.25) is 0 Å². The van der Waals surface area contributed by atoms with Crippen molar-refractivity contribution in [1.29, 1.82) is 0 Å². The highest BCUT2D eigenvalue weighted by atomic mass is 15.6. The molecule has 0 saturated carbocycles. The van der Waals surface area contributed by atoms with Crippen molar-refractivity contribution in [2.45, 2.75) is 40.8 Å². The van der Waals surface area contributed by atoms with Crippen molar-refractivity contribution in [2.75, 3.05) is 38.0 Å². The average molecular weight is 433 g/mol. The van der Waals surface area contributed by atoms with Crippen molar-refractivity contribution in [3.63, 3.8) is 0 Å². The van der Waals surface area contributed by atoms with Gasteiger partial charge in [-0.15, -0.1) is 0 Å². The fourth-order valence-corrected chi connectivity index (χ4v) is 3.85. The van der Waals surface area contributed by atoms with E-state index in [1.165, 1.54) is 33.6 Å². The summed E-state index contributed by atoms with van der Waals surface area (Å²) in [6, 6.07) is 8.78. The van der Waals surface area contributed by atoms with Crippen molar-refractivity contribution >= 4 is 23.8 Å². The van der Waals surface area contributed by atoms with E-state index in [1.807, 2.05) is 34.8 Å². The molecular formula is C26H36N6. The predicted octanol–water partition coefficient (Wildman–Crippen LogP) is 4.86. The smallest absolute Gasteiger partial charge is 0.140 e. The van der Waals surface area contributed by atoms with Crippen LogP contribution in [0.1, 0.15) is 40.3 Å². The molecular weight excluding hydrogens is 396 g/mol. The van der Waals surface area contributed by atoms with Crippen molar-refractivity contribution in [1.82, 2.24) is 10.0 Å². The van der Waals surface area contributed by atoms with Crippen LogP contribution in [0.15, 0.2) is 46.9 Å². The third kappa shape index (κ3) is 4.96. The highest BCUT2D eigenvalue weighted by Gasteiger charge is 2.21. The van der Waals surface area contributed by atoms with Gasteiger partial charge >= 0.3 is 0 Å². The molecule has 3 rings (SSSR count). The number of anilines is 2. The van der Waals surface area contributed by atoms with Gasteiger partial charge in [-0.05, 0) is 81.1 Å². The van der Waals surface area contributed by atoms with E-state index in [9.17, 15) is 0 Å². The minimum Gasteiger partial charge on any atom is -0.378 e. The van der Waals surface area contributed by atoms with E-state index in [1.54, 1.807) is 0 Å². The van der Waals surface area contributed by atoms with Crippen molar-refractivity contribution < 1.29 is 0 Å². The van der Waals surface area contributed by atoms with E-state index in [0.717, 1.165) is 11.1 Å². The number of hydrogen-bond donors (Lipinski definition) is 0. The minimum absolute atomic E-state index is 0.00539. The van der Waals surface area contributed by atoms with E-state index in [-0.39, 0.29) is 6.17 Å². The van der Waals surface area contributed by atoms with Gasteiger partial charge in [-0.2, -0.15) is 10.2 Å². The summed E-state index contributed by atoms with van der Waals surface area (Å²) in [5.74, 6) is 0. The maximum atomic E-state index is 4.73. The molecule has 2 aromatic rings. The number of hydrogen-bond acceptors (Lipinski definition) is 6. The average Bonchev–Trinajstić information content (AvgIpc) is 3.06. The second-order valence-electron chi connectivity index (χ2n) is 8.95. The van der Waals surface area contributed by atoms with Crippen LogP contribution >= 0.6 is 0 Å². The first-order valence-corrected chi connectivity index (χ1v) is 11.0. The monoisotopic (exact) mass is 432 g/mol. The molecule has 1 aliphatic rings. The van der Waals surface area contributed by atoms with E-state index in [2.05, 4.69) is 96.9 Å². The van der Waals surface area contributed by atoms with Gasteiger partial charge in [0.1, 0.15) is 6.17 Å². The zero-order valence-corrected chi connectivity index (χ0v) is 20.9. The number of benzene rings is 2. The Kier molecular flexibility index (Phi) is 6.92. The molecule has 0 unspecified atom stereocenters. The van der Waals surface area contributed by atoms with Crippen LogP contribution in [0.2, 0.25) is 0 Å². The zero-order valence-electron chi connectivity index (χ0n) is 20.9. The molecule has 0 N–H and O–H groups in total. The maximum Gasteiger partial charge on any atom is 0.140 e. The molecule has 0 amide bonds. The summed E-state index contributed by atoms with van der Waals surface area (Å²) in [5, 5.41) is 13.3. The fourth-order valence-electron chi connectivity index (χ4n) is 3.85. The summed E-state index contributed by atoms with van der Waals surface area (Å²) in [4.78, 5) is 4.25. The van der Waals surface area contributed by atoms with E-state index in [0.29, 0.717) is 0 Å². The summed E-state index contributed by atoms with van der Waals surface area (Å²) < 4.78 is 0. The van der Waals surface area contributed by atoms with Gasteiger partial charge in [-0.1, -0.05) is 0 Å². The molecule has 0 aromatic heterocycles. The van der Waals surface area contributed by atoms with E-state index < -0.39 is 0 Å². The first kappa shape index (κ1) is 23.4. The number of nitrogens with zero attached hydrogens (tertiary/aromatic N) is 6. The van der Waals surface area contributed by atoms with Crippen molar-refractivity contribution in [2.24, 2.45) is 10.2 Å². The summed E-state index contributed by atoms with van der Waals surface area (Å²) in [5.41, 5.74) is 9.60. The molecule has 0 spiro atoms. The molecule has 1 heterocycles. The molecule has 6 heteroatoms. The summed E-state index contributed by atoms with van der Waals surface area (Å²) in [6.45, 7) is 10.6. The van der Waals surface area contributed by atoms with Crippen LogP contribution in [-0.4, -0.2) is 56.8 Å². The first-order chi connectivity index (χ1) is 15.1. The van der Waals surface area contributed by atoms with Crippen LogP contribution in [0, 0.1) is 27.7 Å². The normalized spacial score (nSPS) is 16.1. The van der Waals surface area contributed by atoms with Crippen molar-refractivity contribution in [3.8, 4) is 0 Å². The van der Waals surface area contributed by atoms with E-state index in [4.69, 9.17) is 10.2 Å². The largest absolute Gasteiger partial charge is 0.378 e. The molecule has 1 aliphatic heterocycles. The van der Waals surface area contributed by atoms with Crippen LogP contribution in [0.3, 0.4) is 0 Å². The second kappa shape index (κ2) is 9.47. The molecule has 170 valence electrons. The summed E-state index contributed by atoms with van der Waals surface area (Å²) in [7, 11) is 8.25. The zero-order chi connectivity index (χ0) is 23.6. The lowest BCUT2D eigenvalue weighted by Gasteiger charge is -2.23. The third-order valence-corrected chi connectivity index (χ3v) is 5.97. The van der Waals surface area contributed by atoms with Gasteiger partial charge in [0.25, 0.3) is 0 Å². The van der Waals surface area contributed by atoms with Crippen molar-refractivity contribution in [3.05, 3.63) is 70.0 Å². The molecule has 6 nitrogen and oxygen atoms in total. The lowest BCUT2D eigenvalue weighted by Crippen LogP contribution is -2.30. The molecule has 0 radical (unpaired) electrons. The van der Waals surface area contributed by atoms with E-state index >= 15 is 0 Å². The van der Waals surface area contributed by atoms with Gasteiger partial charge in [-0.25, -0.2) is 10.0 Å². The van der Waals surface area contributed by atoms with Gasteiger partial charge in [0, 0.05) is 63.1 Å². The highest BCUT2D eigenvalue weighted by molar-refractivity contribution is 5.85. The Morgan fingerprint density at radius 3 is 1.25 bits per heavy atom. The van der Waals surface area contributed by atoms with Crippen LogP contribution in [-0.2, 0) is 0 Å². The predicted molar refractivity (Wildman–Crippen MR) is 138 cm³/mol. The molecule has 0 aliphatic carbocycles. The van der Waals surface area contributed by atoms with Gasteiger partial charge < -0.3 is 9.80 Å². The molecule has 2 aromatic carbocycles. The molecule has 0 atom stereocenters. The lowest BCUT2D eigenvalue weighted by molar-refractivity contribution is 0.181. The minimum atomic E-state index is 0.00539. The third-order valence-electron chi connectivity index (χ3n) is 5.97. The molecule has 0 fully saturated rings. The fraction of sp³-hybridized carbons (Fsp3) is 0.385. The summed E-state index contributed by atoms with van der Waals surface area (Å²) >= 11 is 0. The lowest BCUT2D eigenvalue weighted by atomic mass is 10.0. The summed E-state index contributed by atoms with van der Waals surface area (Å²) in [6.07, 6.45) is 7.84. The Labute approximate surface area is 193 Å². The standard InChI is InChI=1S/C26H36N6/c1-18-12-23(29(6)7)13-19(2)25(18)16-27-31-10-11-32(22(31)5)28-17-26-20(3)14-24(30(8)9)15-21(26)4/h10-17,22H,1-9H3. The number of aryl methyl sites for hydroxylation is 4. The Morgan fingerprint density at radius 1 is 0.656 bits per heavy atom. The van der Waals surface area contributed by atoms with Gasteiger partial charge in [0.05, 0.1) is 12.4 Å². The Hall–Kier alpha value is -3.28. The van der Waals surface area contributed by atoms with Gasteiger partial charge in [0.15, 0.2) is 0 Å². The quantitative estimate of drug-likeness (QED) is 0.611. The highest BCUT2D eigenvalue weighted by Crippen LogP contribution is 2.23. The molecule has 0 bridgehead atoms. The van der Waals surface area contributed by atoms with Crippen LogP contribution in [0.25, 0.3) is 0 Å². The second-order valence-corrected chi connectivity index (χ2v) is 8.95. The van der Waals surface area contributed by atoms with Gasteiger partial charge in [-0.3, -0.25) is 0 Å². The van der Waals surface area contributed by atoms with Crippen LogP contribution < -0.4 is 9.80 Å². The number of hydrazone groups is 2. The Morgan fingerprint density at radius 2 is 0.969 bits per heavy atom. The molecule has 32 heavy (non-hydrogen) atoms. The molecule has 0 saturated heterocycles.